The molecule has 2 saturated heterocycles. The highest BCUT2D eigenvalue weighted by molar-refractivity contribution is 7.07. The van der Waals surface area contributed by atoms with Crippen LogP contribution in [0.5, 0.6) is 0 Å². The minimum absolute atomic E-state index is 0.128. The van der Waals surface area contributed by atoms with E-state index in [-0.39, 0.29) is 18.1 Å². The van der Waals surface area contributed by atoms with Crippen molar-refractivity contribution in [3.63, 3.8) is 0 Å². The summed E-state index contributed by atoms with van der Waals surface area (Å²) in [4.78, 5) is 14.7. The van der Waals surface area contributed by atoms with Gasteiger partial charge in [-0.1, -0.05) is 0 Å². The SMILES string of the molecule is O=C(NC1CCC1)[C@@H]1C[C@@H]2CCN(Cc3ccsc3)C[C@@H]2O1. The summed E-state index contributed by atoms with van der Waals surface area (Å²) in [5.74, 6) is 0.694. The van der Waals surface area contributed by atoms with Gasteiger partial charge in [-0.05, 0) is 67.0 Å². The molecule has 1 saturated carbocycles. The molecule has 22 heavy (non-hydrogen) atoms. The molecule has 4 rings (SSSR count). The molecule has 0 aromatic carbocycles. The number of fused-ring (bicyclic) bond motifs is 1. The van der Waals surface area contributed by atoms with Crippen molar-refractivity contribution in [2.45, 2.75) is 56.9 Å². The van der Waals surface area contributed by atoms with Gasteiger partial charge in [-0.3, -0.25) is 9.69 Å². The van der Waals surface area contributed by atoms with E-state index >= 15 is 0 Å². The molecule has 0 spiro atoms. The first-order chi connectivity index (χ1) is 10.8. The molecule has 120 valence electrons. The molecule has 1 N–H and O–H groups in total. The Morgan fingerprint density at radius 2 is 2.32 bits per heavy atom. The van der Waals surface area contributed by atoms with E-state index in [4.69, 9.17) is 4.74 Å². The lowest BCUT2D eigenvalue weighted by molar-refractivity contribution is -0.134. The lowest BCUT2D eigenvalue weighted by atomic mass is 9.90. The van der Waals surface area contributed by atoms with Gasteiger partial charge in [0.25, 0.3) is 0 Å². The molecule has 1 aromatic heterocycles. The van der Waals surface area contributed by atoms with E-state index in [9.17, 15) is 4.79 Å². The van der Waals surface area contributed by atoms with Crippen LogP contribution < -0.4 is 5.32 Å². The molecule has 1 aromatic rings. The summed E-state index contributed by atoms with van der Waals surface area (Å²) >= 11 is 1.75. The number of carbonyl (C=O) groups is 1. The minimum Gasteiger partial charge on any atom is -0.364 e. The largest absolute Gasteiger partial charge is 0.364 e. The van der Waals surface area contributed by atoms with Crippen molar-refractivity contribution in [3.05, 3.63) is 22.4 Å². The van der Waals surface area contributed by atoms with Crippen LogP contribution >= 0.6 is 11.3 Å². The van der Waals surface area contributed by atoms with Gasteiger partial charge in [-0.15, -0.1) is 0 Å². The lowest BCUT2D eigenvalue weighted by Crippen LogP contribution is -2.45. The van der Waals surface area contributed by atoms with E-state index in [0.29, 0.717) is 12.0 Å². The quantitative estimate of drug-likeness (QED) is 0.926. The van der Waals surface area contributed by atoms with Crippen molar-refractivity contribution < 1.29 is 9.53 Å². The summed E-state index contributed by atoms with van der Waals surface area (Å²) in [6.45, 7) is 3.10. The number of hydrogen-bond acceptors (Lipinski definition) is 4. The fourth-order valence-electron chi connectivity index (χ4n) is 3.79. The number of nitrogens with one attached hydrogen (secondary N) is 1. The van der Waals surface area contributed by atoms with Gasteiger partial charge in [-0.25, -0.2) is 0 Å². The van der Waals surface area contributed by atoms with E-state index in [1.165, 1.54) is 12.0 Å². The van der Waals surface area contributed by atoms with Gasteiger partial charge < -0.3 is 10.1 Å². The van der Waals surface area contributed by atoms with Crippen molar-refractivity contribution in [2.75, 3.05) is 13.1 Å². The molecule has 0 bridgehead atoms. The van der Waals surface area contributed by atoms with Gasteiger partial charge in [0.2, 0.25) is 5.91 Å². The molecule has 2 aliphatic heterocycles. The minimum atomic E-state index is -0.211. The van der Waals surface area contributed by atoms with Crippen LogP contribution in [0.3, 0.4) is 0 Å². The van der Waals surface area contributed by atoms with Gasteiger partial charge in [0.1, 0.15) is 6.10 Å². The standard InChI is InChI=1S/C17H24N2O2S/c20-17(18-14-2-1-3-14)15-8-13-4-6-19(10-16(13)21-15)9-12-5-7-22-11-12/h5,7,11,13-16H,1-4,6,8-10H2,(H,18,20)/t13-,15-,16-/m0/s1. The number of likely N-dealkylation sites (tertiary alicyclic amines) is 1. The molecule has 3 fully saturated rings. The summed E-state index contributed by atoms with van der Waals surface area (Å²) in [6.07, 6.45) is 5.62. The Balaban J connectivity index is 1.30. The molecule has 3 atom stereocenters. The van der Waals surface area contributed by atoms with Crippen LogP contribution in [-0.4, -0.2) is 42.1 Å². The zero-order valence-corrected chi connectivity index (χ0v) is 13.7. The van der Waals surface area contributed by atoms with Gasteiger partial charge in [0, 0.05) is 19.1 Å². The Morgan fingerprint density at radius 3 is 3.05 bits per heavy atom. The topological polar surface area (TPSA) is 41.6 Å². The summed E-state index contributed by atoms with van der Waals surface area (Å²) in [6, 6.07) is 2.61. The number of hydrogen-bond donors (Lipinski definition) is 1. The summed E-state index contributed by atoms with van der Waals surface area (Å²) in [5, 5.41) is 7.49. The van der Waals surface area contributed by atoms with Crippen molar-refractivity contribution in [1.29, 1.82) is 0 Å². The number of nitrogens with zero attached hydrogens (tertiary/aromatic N) is 1. The Kier molecular flexibility index (Phi) is 4.20. The maximum atomic E-state index is 12.3. The van der Waals surface area contributed by atoms with Crippen molar-refractivity contribution in [1.82, 2.24) is 10.2 Å². The summed E-state index contributed by atoms with van der Waals surface area (Å²) < 4.78 is 6.09. The van der Waals surface area contributed by atoms with Crippen LogP contribution in [0.1, 0.15) is 37.7 Å². The van der Waals surface area contributed by atoms with Crippen molar-refractivity contribution >= 4 is 17.2 Å². The second-order valence-electron chi connectivity index (χ2n) is 6.95. The Bertz CT molecular complexity index is 515. The highest BCUT2D eigenvalue weighted by Crippen LogP contribution is 2.34. The molecule has 1 amide bonds. The van der Waals surface area contributed by atoms with Crippen molar-refractivity contribution in [2.24, 2.45) is 5.92 Å². The molecule has 0 unspecified atom stereocenters. The normalized spacial score (nSPS) is 32.5. The maximum Gasteiger partial charge on any atom is 0.249 e. The third-order valence-electron chi connectivity index (χ3n) is 5.37. The molecule has 4 nitrogen and oxygen atoms in total. The van der Waals surface area contributed by atoms with Gasteiger partial charge in [-0.2, -0.15) is 11.3 Å². The number of amides is 1. The molecule has 3 aliphatic rings. The predicted molar refractivity (Wildman–Crippen MR) is 86.8 cm³/mol. The number of ether oxygens (including phenoxy) is 1. The Hall–Kier alpha value is -0.910. The molecule has 3 heterocycles. The van der Waals surface area contributed by atoms with Crippen LogP contribution in [0.4, 0.5) is 0 Å². The first-order valence-corrected chi connectivity index (χ1v) is 9.41. The smallest absolute Gasteiger partial charge is 0.249 e. The van der Waals surface area contributed by atoms with Crippen molar-refractivity contribution in [3.8, 4) is 0 Å². The first kappa shape index (κ1) is 14.7. The van der Waals surface area contributed by atoms with E-state index in [2.05, 4.69) is 27.0 Å². The lowest BCUT2D eigenvalue weighted by Gasteiger charge is -2.33. The fraction of sp³-hybridized carbons (Fsp3) is 0.706. The second kappa shape index (κ2) is 6.30. The van der Waals surface area contributed by atoms with Crippen LogP contribution in [0.15, 0.2) is 16.8 Å². The van der Waals surface area contributed by atoms with E-state index in [1.807, 2.05) is 0 Å². The average molecular weight is 320 g/mol. The second-order valence-corrected chi connectivity index (χ2v) is 7.73. The average Bonchev–Trinajstić information content (AvgIpc) is 3.11. The van der Waals surface area contributed by atoms with Gasteiger partial charge >= 0.3 is 0 Å². The summed E-state index contributed by atoms with van der Waals surface area (Å²) in [7, 11) is 0. The first-order valence-electron chi connectivity index (χ1n) is 8.47. The van der Waals surface area contributed by atoms with Crippen LogP contribution in [-0.2, 0) is 16.1 Å². The number of thiophene rings is 1. The van der Waals surface area contributed by atoms with E-state index in [1.54, 1.807) is 11.3 Å². The number of carbonyl (C=O) groups excluding carboxylic acids is 1. The monoisotopic (exact) mass is 320 g/mol. The molecular formula is C17H24N2O2S. The molecular weight excluding hydrogens is 296 g/mol. The maximum absolute atomic E-state index is 12.3. The molecule has 5 heteroatoms. The third-order valence-corrected chi connectivity index (χ3v) is 6.10. The van der Waals surface area contributed by atoms with Gasteiger partial charge in [0.15, 0.2) is 0 Å². The Labute approximate surface area is 135 Å². The van der Waals surface area contributed by atoms with E-state index in [0.717, 1.165) is 45.3 Å². The zero-order chi connectivity index (χ0) is 14.9. The third kappa shape index (κ3) is 3.07. The number of piperidine rings is 1. The Morgan fingerprint density at radius 1 is 1.41 bits per heavy atom. The van der Waals surface area contributed by atoms with E-state index < -0.39 is 0 Å². The number of rotatable bonds is 4. The fourth-order valence-corrected chi connectivity index (χ4v) is 4.45. The van der Waals surface area contributed by atoms with Crippen LogP contribution in [0.25, 0.3) is 0 Å². The summed E-state index contributed by atoms with van der Waals surface area (Å²) in [5.41, 5.74) is 1.39. The predicted octanol–water partition coefficient (Wildman–Crippen LogP) is 2.40. The van der Waals surface area contributed by atoms with Crippen LogP contribution in [0.2, 0.25) is 0 Å². The van der Waals surface area contributed by atoms with Gasteiger partial charge in [0.05, 0.1) is 6.10 Å². The molecule has 0 radical (unpaired) electrons. The highest BCUT2D eigenvalue weighted by Gasteiger charge is 2.42. The van der Waals surface area contributed by atoms with Crippen LogP contribution in [0, 0.1) is 5.92 Å². The molecule has 1 aliphatic carbocycles. The highest BCUT2D eigenvalue weighted by atomic mass is 32.1. The zero-order valence-electron chi connectivity index (χ0n) is 12.9.